The van der Waals surface area contributed by atoms with E-state index in [1.165, 1.54) is 51.4 Å². The molecule has 0 saturated carbocycles. The quantitative estimate of drug-likeness (QED) is 0.278. The van der Waals surface area contributed by atoms with E-state index in [4.69, 9.17) is 18.9 Å². The minimum Gasteiger partial charge on any atom is -0.488 e. The van der Waals surface area contributed by atoms with Crippen LogP contribution in [0.3, 0.4) is 0 Å². The van der Waals surface area contributed by atoms with E-state index in [1.54, 1.807) is 11.3 Å². The molecular weight excluding hydrogens is 396 g/mol. The van der Waals surface area contributed by atoms with Gasteiger partial charge in [-0.15, -0.1) is 11.3 Å². The molecule has 0 aromatic carbocycles. The fraction of sp³-hybridized carbons (Fsp3) is 0.840. The SMILES string of the molecule is CCCCC(CC)COCC1(COCC(CC)CCCC)COc2cscc2OC1. The van der Waals surface area contributed by atoms with Crippen LogP contribution in [0, 0.1) is 17.3 Å². The molecule has 0 fully saturated rings. The minimum absolute atomic E-state index is 0.261. The predicted molar refractivity (Wildman–Crippen MR) is 126 cm³/mol. The molecule has 174 valence electrons. The van der Waals surface area contributed by atoms with Crippen molar-refractivity contribution in [3.8, 4) is 11.5 Å². The van der Waals surface area contributed by atoms with E-state index in [9.17, 15) is 0 Å². The molecule has 30 heavy (non-hydrogen) atoms. The Labute approximate surface area is 188 Å². The lowest BCUT2D eigenvalue weighted by atomic mass is 9.91. The number of fused-ring (bicyclic) bond motifs is 1. The van der Waals surface area contributed by atoms with Crippen LogP contribution < -0.4 is 9.47 Å². The van der Waals surface area contributed by atoms with Gasteiger partial charge < -0.3 is 18.9 Å². The lowest BCUT2D eigenvalue weighted by Crippen LogP contribution is -2.43. The van der Waals surface area contributed by atoms with E-state index in [2.05, 4.69) is 27.7 Å². The van der Waals surface area contributed by atoms with Gasteiger partial charge in [0.15, 0.2) is 11.5 Å². The first kappa shape index (κ1) is 25.5. The molecular formula is C25H44O4S. The zero-order valence-electron chi connectivity index (χ0n) is 19.8. The Morgan fingerprint density at radius 2 is 1.30 bits per heavy atom. The summed E-state index contributed by atoms with van der Waals surface area (Å²) in [4.78, 5) is 0. The molecule has 0 amide bonds. The van der Waals surface area contributed by atoms with E-state index in [-0.39, 0.29) is 5.41 Å². The second-order valence-electron chi connectivity index (χ2n) is 9.04. The van der Waals surface area contributed by atoms with Crippen LogP contribution in [0.5, 0.6) is 11.5 Å². The van der Waals surface area contributed by atoms with Gasteiger partial charge in [-0.3, -0.25) is 0 Å². The first-order valence-corrected chi connectivity index (χ1v) is 13.1. The summed E-state index contributed by atoms with van der Waals surface area (Å²) in [6, 6.07) is 0. The standard InChI is InChI=1S/C25H44O4S/c1-5-9-11-21(7-3)13-26-17-25(18-27-14-22(8-4)12-10-6-2)19-28-23-15-30-16-24(23)29-20-25/h15-16,21-22H,5-14,17-20H2,1-4H3. The van der Waals surface area contributed by atoms with Gasteiger partial charge in [0.2, 0.25) is 0 Å². The number of ether oxygens (including phenoxy) is 4. The van der Waals surface area contributed by atoms with Crippen LogP contribution in [0.4, 0.5) is 0 Å². The molecule has 0 radical (unpaired) electrons. The van der Waals surface area contributed by atoms with Gasteiger partial charge in [0.25, 0.3) is 0 Å². The van der Waals surface area contributed by atoms with E-state index >= 15 is 0 Å². The van der Waals surface area contributed by atoms with Crippen molar-refractivity contribution in [1.29, 1.82) is 0 Å². The van der Waals surface area contributed by atoms with Gasteiger partial charge in [0.1, 0.15) is 13.2 Å². The summed E-state index contributed by atoms with van der Waals surface area (Å²) >= 11 is 1.62. The Morgan fingerprint density at radius 1 is 0.833 bits per heavy atom. The Bertz CT molecular complexity index is 513. The maximum atomic E-state index is 6.27. The second-order valence-corrected chi connectivity index (χ2v) is 9.78. The van der Waals surface area contributed by atoms with Gasteiger partial charge >= 0.3 is 0 Å². The summed E-state index contributed by atoms with van der Waals surface area (Å²) in [6.45, 7) is 13.1. The number of hydrogen-bond acceptors (Lipinski definition) is 5. The van der Waals surface area contributed by atoms with Crippen LogP contribution in [0.2, 0.25) is 0 Å². The molecule has 0 N–H and O–H groups in total. The average molecular weight is 441 g/mol. The van der Waals surface area contributed by atoms with Crippen LogP contribution in [-0.4, -0.2) is 39.6 Å². The predicted octanol–water partition coefficient (Wildman–Crippen LogP) is 6.97. The van der Waals surface area contributed by atoms with Crippen molar-refractivity contribution in [2.75, 3.05) is 39.6 Å². The maximum Gasteiger partial charge on any atom is 0.171 e. The lowest BCUT2D eigenvalue weighted by molar-refractivity contribution is -0.0715. The Balaban J connectivity index is 1.92. The van der Waals surface area contributed by atoms with Crippen LogP contribution in [0.1, 0.15) is 79.1 Å². The highest BCUT2D eigenvalue weighted by Crippen LogP contribution is 2.37. The minimum atomic E-state index is -0.261. The summed E-state index contributed by atoms with van der Waals surface area (Å²) in [5, 5.41) is 4.03. The number of hydrogen-bond donors (Lipinski definition) is 0. The smallest absolute Gasteiger partial charge is 0.171 e. The largest absolute Gasteiger partial charge is 0.488 e. The third-order valence-corrected chi connectivity index (χ3v) is 6.97. The summed E-state index contributed by atoms with van der Waals surface area (Å²) < 4.78 is 24.8. The van der Waals surface area contributed by atoms with E-state index < -0.39 is 0 Å². The van der Waals surface area contributed by atoms with Gasteiger partial charge in [0.05, 0.1) is 18.6 Å². The van der Waals surface area contributed by atoms with Crippen molar-refractivity contribution in [2.45, 2.75) is 79.1 Å². The molecule has 1 aliphatic heterocycles. The first-order chi connectivity index (χ1) is 14.7. The van der Waals surface area contributed by atoms with E-state index in [0.717, 1.165) is 24.7 Å². The molecule has 2 heterocycles. The van der Waals surface area contributed by atoms with Crippen LogP contribution in [0.25, 0.3) is 0 Å². The van der Waals surface area contributed by atoms with Gasteiger partial charge in [0, 0.05) is 24.0 Å². The fourth-order valence-corrected chi connectivity index (χ4v) is 4.56. The van der Waals surface area contributed by atoms with Gasteiger partial charge in [-0.25, -0.2) is 0 Å². The molecule has 0 bridgehead atoms. The Hall–Kier alpha value is -0.780. The molecule has 4 nitrogen and oxygen atoms in total. The van der Waals surface area contributed by atoms with Crippen molar-refractivity contribution < 1.29 is 18.9 Å². The molecule has 0 spiro atoms. The summed E-state index contributed by atoms with van der Waals surface area (Å²) in [5.41, 5.74) is -0.261. The average Bonchev–Trinajstić information content (AvgIpc) is 3.16. The highest BCUT2D eigenvalue weighted by atomic mass is 32.1. The number of unbranched alkanes of at least 4 members (excludes halogenated alkanes) is 2. The van der Waals surface area contributed by atoms with Gasteiger partial charge in [-0.05, 0) is 24.7 Å². The lowest BCUT2D eigenvalue weighted by Gasteiger charge is -2.32. The maximum absolute atomic E-state index is 6.27. The van der Waals surface area contributed by atoms with Crippen molar-refractivity contribution in [3.63, 3.8) is 0 Å². The number of rotatable bonds is 16. The monoisotopic (exact) mass is 440 g/mol. The normalized spacial score (nSPS) is 17.5. The van der Waals surface area contributed by atoms with Crippen molar-refractivity contribution in [3.05, 3.63) is 10.8 Å². The van der Waals surface area contributed by atoms with E-state index in [0.29, 0.717) is 38.3 Å². The number of thiophene rings is 1. The summed E-state index contributed by atoms with van der Waals surface area (Å²) in [6.07, 6.45) is 9.87. The van der Waals surface area contributed by atoms with Gasteiger partial charge in [-0.1, -0.05) is 66.2 Å². The van der Waals surface area contributed by atoms with Gasteiger partial charge in [-0.2, -0.15) is 0 Å². The molecule has 5 heteroatoms. The molecule has 1 aromatic rings. The molecule has 0 aliphatic carbocycles. The molecule has 2 unspecified atom stereocenters. The molecule has 1 aromatic heterocycles. The molecule has 1 aliphatic rings. The van der Waals surface area contributed by atoms with Crippen molar-refractivity contribution in [1.82, 2.24) is 0 Å². The summed E-state index contributed by atoms with van der Waals surface area (Å²) in [7, 11) is 0. The molecule has 0 saturated heterocycles. The fourth-order valence-electron chi connectivity index (χ4n) is 3.88. The summed E-state index contributed by atoms with van der Waals surface area (Å²) in [5.74, 6) is 2.97. The highest BCUT2D eigenvalue weighted by molar-refractivity contribution is 7.08. The van der Waals surface area contributed by atoms with Crippen LogP contribution in [0.15, 0.2) is 10.8 Å². The molecule has 2 atom stereocenters. The van der Waals surface area contributed by atoms with Crippen LogP contribution >= 0.6 is 11.3 Å². The molecule has 2 rings (SSSR count). The third kappa shape index (κ3) is 8.39. The van der Waals surface area contributed by atoms with Crippen molar-refractivity contribution in [2.24, 2.45) is 17.3 Å². The zero-order valence-corrected chi connectivity index (χ0v) is 20.6. The first-order valence-electron chi connectivity index (χ1n) is 12.1. The van der Waals surface area contributed by atoms with Crippen molar-refractivity contribution >= 4 is 11.3 Å². The topological polar surface area (TPSA) is 36.9 Å². The Morgan fingerprint density at radius 3 is 1.70 bits per heavy atom. The van der Waals surface area contributed by atoms with Crippen LogP contribution in [-0.2, 0) is 9.47 Å². The Kier molecular flexibility index (Phi) is 12.2. The highest BCUT2D eigenvalue weighted by Gasteiger charge is 2.37. The van der Waals surface area contributed by atoms with E-state index in [1.807, 2.05) is 10.8 Å². The zero-order chi connectivity index (χ0) is 21.7. The second kappa shape index (κ2) is 14.3. The third-order valence-electron chi connectivity index (χ3n) is 6.27.